The molecule has 0 bridgehead atoms. The van der Waals surface area contributed by atoms with Gasteiger partial charge < -0.3 is 14.7 Å². The second-order valence-electron chi connectivity index (χ2n) is 5.79. The first kappa shape index (κ1) is 15.7. The average Bonchev–Trinajstić information content (AvgIpc) is 2.58. The van der Waals surface area contributed by atoms with E-state index in [2.05, 4.69) is 0 Å². The number of morpholine rings is 1. The highest BCUT2D eigenvalue weighted by Crippen LogP contribution is 2.17. The Labute approximate surface area is 136 Å². The number of amides is 1. The van der Waals surface area contributed by atoms with E-state index >= 15 is 0 Å². The van der Waals surface area contributed by atoms with Gasteiger partial charge in [0.1, 0.15) is 0 Å². The van der Waals surface area contributed by atoms with Crippen LogP contribution in [0.15, 0.2) is 60.7 Å². The molecule has 1 amide bonds. The number of nitrogens with zero attached hydrogens (tertiary/aromatic N) is 1. The summed E-state index contributed by atoms with van der Waals surface area (Å²) < 4.78 is 5.55. The van der Waals surface area contributed by atoms with E-state index < -0.39 is 12.2 Å². The third kappa shape index (κ3) is 3.97. The highest BCUT2D eigenvalue weighted by Gasteiger charge is 2.35. The molecule has 23 heavy (non-hydrogen) atoms. The predicted molar refractivity (Wildman–Crippen MR) is 87.8 cm³/mol. The van der Waals surface area contributed by atoms with Crippen LogP contribution in [0.4, 0.5) is 0 Å². The summed E-state index contributed by atoms with van der Waals surface area (Å²) in [4.78, 5) is 14.4. The molecule has 1 heterocycles. The van der Waals surface area contributed by atoms with E-state index in [1.165, 1.54) is 0 Å². The molecule has 120 valence electrons. The van der Waals surface area contributed by atoms with Crippen LogP contribution in [-0.4, -0.2) is 41.3 Å². The van der Waals surface area contributed by atoms with E-state index in [1.807, 2.05) is 60.7 Å². The summed E-state index contributed by atoms with van der Waals surface area (Å²) in [6.07, 6.45) is -1.20. The highest BCUT2D eigenvalue weighted by atomic mass is 16.5. The number of carbonyl (C=O) groups is 1. The van der Waals surface area contributed by atoms with E-state index in [1.54, 1.807) is 4.90 Å². The van der Waals surface area contributed by atoms with Crippen molar-refractivity contribution in [2.45, 2.75) is 25.2 Å². The van der Waals surface area contributed by atoms with Crippen molar-refractivity contribution in [1.29, 1.82) is 0 Å². The zero-order valence-electron chi connectivity index (χ0n) is 13.0. The second kappa shape index (κ2) is 7.40. The van der Waals surface area contributed by atoms with Crippen LogP contribution >= 0.6 is 0 Å². The monoisotopic (exact) mass is 311 g/mol. The molecule has 2 aromatic carbocycles. The van der Waals surface area contributed by atoms with Crippen molar-refractivity contribution in [3.8, 4) is 0 Å². The summed E-state index contributed by atoms with van der Waals surface area (Å²) in [6, 6.07) is 19.5. The minimum absolute atomic E-state index is 0.136. The maximum Gasteiger partial charge on any atom is 0.254 e. The Morgan fingerprint density at radius 3 is 2.30 bits per heavy atom. The second-order valence-corrected chi connectivity index (χ2v) is 5.79. The minimum Gasteiger partial charge on any atom is -0.390 e. The van der Waals surface area contributed by atoms with Gasteiger partial charge in [-0.1, -0.05) is 60.7 Å². The van der Waals surface area contributed by atoms with Gasteiger partial charge in [-0.15, -0.1) is 0 Å². The summed E-state index contributed by atoms with van der Waals surface area (Å²) in [5, 5.41) is 10.4. The van der Waals surface area contributed by atoms with Gasteiger partial charge in [0.15, 0.2) is 6.10 Å². The Balaban J connectivity index is 1.64. The molecule has 2 atom stereocenters. The molecule has 1 saturated heterocycles. The van der Waals surface area contributed by atoms with Gasteiger partial charge in [-0.05, 0) is 11.1 Å². The van der Waals surface area contributed by atoms with E-state index in [-0.39, 0.29) is 5.91 Å². The first-order chi connectivity index (χ1) is 11.2. The molecule has 1 aliphatic heterocycles. The van der Waals surface area contributed by atoms with Gasteiger partial charge in [-0.2, -0.15) is 0 Å². The van der Waals surface area contributed by atoms with Crippen LogP contribution in [-0.2, 0) is 22.5 Å². The van der Waals surface area contributed by atoms with Crippen molar-refractivity contribution < 1.29 is 14.6 Å². The molecule has 2 aromatic rings. The number of benzene rings is 2. The minimum atomic E-state index is -0.830. The lowest BCUT2D eigenvalue weighted by atomic mass is 10.0. The summed E-state index contributed by atoms with van der Waals surface area (Å²) in [6.45, 7) is 1.56. The third-order valence-corrected chi connectivity index (χ3v) is 4.07. The van der Waals surface area contributed by atoms with Crippen LogP contribution in [0.1, 0.15) is 11.1 Å². The fourth-order valence-corrected chi connectivity index (χ4v) is 2.85. The van der Waals surface area contributed by atoms with Crippen molar-refractivity contribution in [3.05, 3.63) is 71.8 Å². The number of hydrogen-bond donors (Lipinski definition) is 1. The van der Waals surface area contributed by atoms with Gasteiger partial charge in [-0.3, -0.25) is 4.79 Å². The Morgan fingerprint density at radius 2 is 1.65 bits per heavy atom. The van der Waals surface area contributed by atoms with Gasteiger partial charge in [-0.25, -0.2) is 0 Å². The molecule has 1 N–H and O–H groups in total. The molecular formula is C19H21NO3. The molecule has 0 spiro atoms. The maximum atomic E-state index is 12.6. The summed E-state index contributed by atoms with van der Waals surface area (Å²) in [5.74, 6) is -0.136. The summed E-state index contributed by atoms with van der Waals surface area (Å²) in [5.41, 5.74) is 2.08. The van der Waals surface area contributed by atoms with Crippen molar-refractivity contribution >= 4 is 5.91 Å². The third-order valence-electron chi connectivity index (χ3n) is 4.07. The topological polar surface area (TPSA) is 49.8 Å². The van der Waals surface area contributed by atoms with E-state index in [0.717, 1.165) is 11.1 Å². The number of aliphatic hydroxyl groups excluding tert-OH is 1. The molecule has 0 saturated carbocycles. The first-order valence-electron chi connectivity index (χ1n) is 7.90. The lowest BCUT2D eigenvalue weighted by Gasteiger charge is -2.34. The SMILES string of the molecule is O=C1C(C(O)Cc2ccccc2)OCCN1Cc1ccccc1. The average molecular weight is 311 g/mol. The molecule has 4 heteroatoms. The van der Waals surface area contributed by atoms with Crippen molar-refractivity contribution in [1.82, 2.24) is 4.90 Å². The van der Waals surface area contributed by atoms with Crippen LogP contribution in [0.3, 0.4) is 0 Å². The van der Waals surface area contributed by atoms with Crippen LogP contribution in [0, 0.1) is 0 Å². The van der Waals surface area contributed by atoms with E-state index in [4.69, 9.17) is 4.74 Å². The van der Waals surface area contributed by atoms with Crippen LogP contribution in [0.5, 0.6) is 0 Å². The molecule has 0 radical (unpaired) electrons. The van der Waals surface area contributed by atoms with Crippen molar-refractivity contribution in [2.24, 2.45) is 0 Å². The highest BCUT2D eigenvalue weighted by molar-refractivity contribution is 5.82. The summed E-state index contributed by atoms with van der Waals surface area (Å²) >= 11 is 0. The maximum absolute atomic E-state index is 12.6. The van der Waals surface area contributed by atoms with Gasteiger partial charge in [0.25, 0.3) is 5.91 Å². The molecular weight excluding hydrogens is 290 g/mol. The van der Waals surface area contributed by atoms with E-state index in [9.17, 15) is 9.90 Å². The molecule has 1 fully saturated rings. The van der Waals surface area contributed by atoms with Crippen LogP contribution < -0.4 is 0 Å². The Kier molecular flexibility index (Phi) is 5.05. The molecule has 3 rings (SSSR count). The largest absolute Gasteiger partial charge is 0.390 e. The van der Waals surface area contributed by atoms with Crippen LogP contribution in [0.2, 0.25) is 0 Å². The molecule has 0 aliphatic carbocycles. The van der Waals surface area contributed by atoms with Gasteiger partial charge in [0, 0.05) is 19.5 Å². The summed E-state index contributed by atoms with van der Waals surface area (Å²) in [7, 11) is 0. The first-order valence-corrected chi connectivity index (χ1v) is 7.90. The van der Waals surface area contributed by atoms with Crippen molar-refractivity contribution in [2.75, 3.05) is 13.2 Å². The molecule has 2 unspecified atom stereocenters. The molecule has 4 nitrogen and oxygen atoms in total. The van der Waals surface area contributed by atoms with Crippen LogP contribution in [0.25, 0.3) is 0 Å². The predicted octanol–water partition coefficient (Wildman–Crippen LogP) is 2.02. The Hall–Kier alpha value is -2.17. The molecule has 1 aliphatic rings. The lowest BCUT2D eigenvalue weighted by Crippen LogP contribution is -2.52. The Bertz CT molecular complexity index is 630. The standard InChI is InChI=1S/C19H21NO3/c21-17(13-15-7-3-1-4-8-15)18-19(22)20(11-12-23-18)14-16-9-5-2-6-10-16/h1-10,17-18,21H,11-14H2. The number of ether oxygens (including phenoxy) is 1. The smallest absolute Gasteiger partial charge is 0.254 e. The van der Waals surface area contributed by atoms with E-state index in [0.29, 0.717) is 26.1 Å². The van der Waals surface area contributed by atoms with Crippen molar-refractivity contribution in [3.63, 3.8) is 0 Å². The fourth-order valence-electron chi connectivity index (χ4n) is 2.85. The number of rotatable bonds is 5. The fraction of sp³-hybridized carbons (Fsp3) is 0.316. The molecule has 0 aromatic heterocycles. The number of carbonyl (C=O) groups excluding carboxylic acids is 1. The quantitative estimate of drug-likeness (QED) is 0.919. The van der Waals surface area contributed by atoms with Gasteiger partial charge >= 0.3 is 0 Å². The zero-order chi connectivity index (χ0) is 16.1. The number of hydrogen-bond acceptors (Lipinski definition) is 3. The zero-order valence-corrected chi connectivity index (χ0v) is 13.0. The van der Waals surface area contributed by atoms with Gasteiger partial charge in [0.2, 0.25) is 0 Å². The van der Waals surface area contributed by atoms with Gasteiger partial charge in [0.05, 0.1) is 12.7 Å². The Morgan fingerprint density at radius 1 is 1.04 bits per heavy atom. The lowest BCUT2D eigenvalue weighted by molar-refractivity contribution is -0.163. The number of aliphatic hydroxyl groups is 1. The normalized spacial score (nSPS) is 19.6.